The number of nitrogens with one attached hydrogen (secondary N) is 1. The Hall–Kier alpha value is -2.57. The number of pyridine rings is 1. The van der Waals surface area contributed by atoms with Crippen LogP contribution in [0.4, 0.5) is 0 Å². The number of hydrogen-bond acceptors (Lipinski definition) is 4. The number of carbonyl (C=O) groups excluding carboxylic acids is 1. The molecule has 0 radical (unpaired) electrons. The summed E-state index contributed by atoms with van der Waals surface area (Å²) >= 11 is 7.39. The Morgan fingerprint density at radius 2 is 2.21 bits per heavy atom. The Morgan fingerprint density at radius 3 is 3.00 bits per heavy atom. The van der Waals surface area contributed by atoms with E-state index in [9.17, 15) is 4.79 Å². The number of fused-ring (bicyclic) bond motifs is 1. The summed E-state index contributed by atoms with van der Waals surface area (Å²) < 4.78 is 7.97. The van der Waals surface area contributed by atoms with Crippen molar-refractivity contribution >= 4 is 34.6 Å². The molecule has 0 aromatic carbocycles. The van der Waals surface area contributed by atoms with E-state index in [0.717, 1.165) is 16.1 Å². The number of H-pyrrole nitrogens is 1. The predicted molar refractivity (Wildman–Crippen MR) is 93.4 cm³/mol. The first kappa shape index (κ1) is 15.0. The normalized spacial score (nSPS) is 11.0. The Labute approximate surface area is 146 Å². The second-order valence-electron chi connectivity index (χ2n) is 5.16. The highest BCUT2D eigenvalue weighted by atomic mass is 35.5. The number of aromatic nitrogens is 3. The zero-order valence-electron chi connectivity index (χ0n) is 12.4. The van der Waals surface area contributed by atoms with Crippen LogP contribution in [0, 0.1) is 0 Å². The zero-order valence-corrected chi connectivity index (χ0v) is 14.0. The number of imidazole rings is 1. The van der Waals surface area contributed by atoms with Gasteiger partial charge in [0.15, 0.2) is 0 Å². The summed E-state index contributed by atoms with van der Waals surface area (Å²) in [6, 6.07) is 9.42. The summed E-state index contributed by atoms with van der Waals surface area (Å²) in [6.45, 7) is 0.121. The van der Waals surface area contributed by atoms with Gasteiger partial charge in [-0.15, -0.1) is 11.3 Å². The molecule has 0 saturated carbocycles. The molecule has 0 atom stereocenters. The molecule has 0 amide bonds. The highest BCUT2D eigenvalue weighted by Gasteiger charge is 2.17. The lowest BCUT2D eigenvalue weighted by Gasteiger charge is -2.03. The molecule has 4 heterocycles. The van der Waals surface area contributed by atoms with Gasteiger partial charge in [0.05, 0.1) is 15.6 Å². The SMILES string of the molecule is O=C(OCc1cn2ccccc2n1)c1c[nH]cc1-c1ccc(Cl)s1. The van der Waals surface area contributed by atoms with Crippen molar-refractivity contribution in [3.63, 3.8) is 0 Å². The molecule has 24 heavy (non-hydrogen) atoms. The van der Waals surface area contributed by atoms with Gasteiger partial charge in [-0.1, -0.05) is 17.7 Å². The molecule has 0 aliphatic rings. The molecule has 4 aromatic heterocycles. The largest absolute Gasteiger partial charge is 0.455 e. The maximum absolute atomic E-state index is 12.4. The Balaban J connectivity index is 1.52. The van der Waals surface area contributed by atoms with Crippen LogP contribution in [0.2, 0.25) is 4.34 Å². The summed E-state index contributed by atoms with van der Waals surface area (Å²) in [5.74, 6) is -0.396. The molecule has 0 spiro atoms. The summed E-state index contributed by atoms with van der Waals surface area (Å²) in [6.07, 6.45) is 7.15. The lowest BCUT2D eigenvalue weighted by atomic mass is 10.2. The molecule has 0 fully saturated rings. The van der Waals surface area contributed by atoms with E-state index < -0.39 is 5.97 Å². The standard InChI is InChI=1S/C17H12ClN3O2S/c18-15-5-4-14(24-15)12-7-19-8-13(12)17(22)23-10-11-9-21-6-2-1-3-16(21)20-11/h1-9,19H,10H2. The third kappa shape index (κ3) is 2.81. The second kappa shape index (κ2) is 6.14. The van der Waals surface area contributed by atoms with Gasteiger partial charge in [-0.3, -0.25) is 0 Å². The maximum Gasteiger partial charge on any atom is 0.340 e. The fourth-order valence-corrected chi connectivity index (χ4v) is 3.54. The average Bonchev–Trinajstić information content (AvgIpc) is 3.30. The first-order valence-corrected chi connectivity index (χ1v) is 8.42. The van der Waals surface area contributed by atoms with Crippen LogP contribution >= 0.6 is 22.9 Å². The summed E-state index contributed by atoms with van der Waals surface area (Å²) in [5, 5.41) is 0. The number of halogens is 1. The molecule has 0 bridgehead atoms. The van der Waals surface area contributed by atoms with Crippen LogP contribution in [0.1, 0.15) is 16.1 Å². The molecule has 120 valence electrons. The number of nitrogens with zero attached hydrogens (tertiary/aromatic N) is 2. The number of thiophene rings is 1. The van der Waals surface area contributed by atoms with Crippen molar-refractivity contribution in [3.8, 4) is 10.4 Å². The first-order chi connectivity index (χ1) is 11.7. The lowest BCUT2D eigenvalue weighted by Crippen LogP contribution is -2.05. The van der Waals surface area contributed by atoms with Crippen LogP contribution < -0.4 is 0 Å². The highest BCUT2D eigenvalue weighted by Crippen LogP contribution is 2.33. The maximum atomic E-state index is 12.4. The first-order valence-electron chi connectivity index (χ1n) is 7.23. The van der Waals surface area contributed by atoms with E-state index >= 15 is 0 Å². The van der Waals surface area contributed by atoms with Crippen LogP contribution in [0.25, 0.3) is 16.1 Å². The van der Waals surface area contributed by atoms with Gasteiger partial charge in [0.25, 0.3) is 0 Å². The molecule has 7 heteroatoms. The van der Waals surface area contributed by atoms with Crippen LogP contribution in [-0.2, 0) is 11.3 Å². The van der Waals surface area contributed by atoms with E-state index in [1.54, 1.807) is 18.5 Å². The number of ether oxygens (including phenoxy) is 1. The van der Waals surface area contributed by atoms with E-state index in [2.05, 4.69) is 9.97 Å². The predicted octanol–water partition coefficient (Wildman–Crippen LogP) is 4.40. The molecule has 1 N–H and O–H groups in total. The number of hydrogen-bond donors (Lipinski definition) is 1. The van der Waals surface area contributed by atoms with Crippen molar-refractivity contribution in [1.82, 2.24) is 14.4 Å². The van der Waals surface area contributed by atoms with Crippen LogP contribution in [0.5, 0.6) is 0 Å². The Morgan fingerprint density at radius 1 is 1.29 bits per heavy atom. The molecular weight excluding hydrogens is 346 g/mol. The minimum absolute atomic E-state index is 0.121. The van der Waals surface area contributed by atoms with Gasteiger partial charge in [0.1, 0.15) is 12.3 Å². The number of aromatic amines is 1. The summed E-state index contributed by atoms with van der Waals surface area (Å²) in [4.78, 5) is 20.7. The van der Waals surface area contributed by atoms with Crippen molar-refractivity contribution in [2.24, 2.45) is 0 Å². The molecule has 0 aliphatic carbocycles. The van der Waals surface area contributed by atoms with Crippen molar-refractivity contribution in [3.05, 3.63) is 70.7 Å². The number of rotatable bonds is 4. The number of esters is 1. The van der Waals surface area contributed by atoms with Gasteiger partial charge in [-0.25, -0.2) is 9.78 Å². The van der Waals surface area contributed by atoms with Crippen LogP contribution in [0.15, 0.2) is 55.1 Å². The fraction of sp³-hybridized carbons (Fsp3) is 0.0588. The minimum Gasteiger partial charge on any atom is -0.455 e. The van der Waals surface area contributed by atoms with Gasteiger partial charge in [0.2, 0.25) is 0 Å². The van der Waals surface area contributed by atoms with Gasteiger partial charge in [-0.2, -0.15) is 0 Å². The topological polar surface area (TPSA) is 59.4 Å². The van der Waals surface area contributed by atoms with E-state index in [1.807, 2.05) is 41.1 Å². The van der Waals surface area contributed by atoms with Gasteiger partial charge >= 0.3 is 5.97 Å². The monoisotopic (exact) mass is 357 g/mol. The molecular formula is C17H12ClN3O2S. The third-order valence-electron chi connectivity index (χ3n) is 3.57. The van der Waals surface area contributed by atoms with E-state index in [1.165, 1.54) is 11.3 Å². The summed E-state index contributed by atoms with van der Waals surface area (Å²) in [5.41, 5.74) is 2.79. The van der Waals surface area contributed by atoms with E-state index in [0.29, 0.717) is 15.6 Å². The van der Waals surface area contributed by atoms with Crippen LogP contribution in [0.3, 0.4) is 0 Å². The quantitative estimate of drug-likeness (QED) is 0.551. The Kier molecular flexibility index (Phi) is 3.84. The number of carbonyl (C=O) groups is 1. The highest BCUT2D eigenvalue weighted by molar-refractivity contribution is 7.19. The smallest absolute Gasteiger partial charge is 0.340 e. The zero-order chi connectivity index (χ0) is 16.5. The molecule has 0 saturated heterocycles. The van der Waals surface area contributed by atoms with Gasteiger partial charge in [0, 0.05) is 35.2 Å². The van der Waals surface area contributed by atoms with Crippen molar-refractivity contribution in [2.75, 3.05) is 0 Å². The Bertz CT molecular complexity index is 985. The second-order valence-corrected chi connectivity index (χ2v) is 6.88. The van der Waals surface area contributed by atoms with Crippen molar-refractivity contribution < 1.29 is 9.53 Å². The molecule has 4 rings (SSSR count). The van der Waals surface area contributed by atoms with Crippen molar-refractivity contribution in [1.29, 1.82) is 0 Å². The average molecular weight is 358 g/mol. The van der Waals surface area contributed by atoms with Gasteiger partial charge in [-0.05, 0) is 24.3 Å². The molecule has 0 unspecified atom stereocenters. The fourth-order valence-electron chi connectivity index (χ4n) is 2.47. The lowest BCUT2D eigenvalue weighted by molar-refractivity contribution is 0.0469. The minimum atomic E-state index is -0.396. The van der Waals surface area contributed by atoms with E-state index in [-0.39, 0.29) is 6.61 Å². The molecule has 5 nitrogen and oxygen atoms in total. The van der Waals surface area contributed by atoms with Crippen LogP contribution in [-0.4, -0.2) is 20.3 Å². The van der Waals surface area contributed by atoms with E-state index in [4.69, 9.17) is 16.3 Å². The third-order valence-corrected chi connectivity index (χ3v) is 4.83. The van der Waals surface area contributed by atoms with Crippen molar-refractivity contribution in [2.45, 2.75) is 6.61 Å². The molecule has 4 aromatic rings. The van der Waals surface area contributed by atoms with Gasteiger partial charge < -0.3 is 14.1 Å². The summed E-state index contributed by atoms with van der Waals surface area (Å²) in [7, 11) is 0. The molecule has 0 aliphatic heterocycles.